The van der Waals surface area contributed by atoms with E-state index in [2.05, 4.69) is 17.6 Å². The molecule has 144 valence electrons. The van der Waals surface area contributed by atoms with E-state index in [-0.39, 0.29) is 18.4 Å². The summed E-state index contributed by atoms with van der Waals surface area (Å²) in [6, 6.07) is 14.4. The van der Waals surface area contributed by atoms with Gasteiger partial charge in [0.05, 0.1) is 13.2 Å². The van der Waals surface area contributed by atoms with E-state index >= 15 is 0 Å². The Morgan fingerprint density at radius 1 is 1.00 bits per heavy atom. The van der Waals surface area contributed by atoms with E-state index in [1.54, 1.807) is 24.3 Å². The number of hydrogen-bond acceptors (Lipinski definition) is 3. The first-order chi connectivity index (χ1) is 13.1. The summed E-state index contributed by atoms with van der Waals surface area (Å²) in [5.74, 6) is 0.222. The topological polar surface area (TPSA) is 67.4 Å². The lowest BCUT2D eigenvalue weighted by molar-refractivity contribution is -0.120. The summed E-state index contributed by atoms with van der Waals surface area (Å²) in [6.45, 7) is 3.21. The minimum Gasteiger partial charge on any atom is -0.494 e. The fourth-order valence-corrected chi connectivity index (χ4v) is 2.49. The van der Waals surface area contributed by atoms with Gasteiger partial charge in [0.25, 0.3) is 5.91 Å². The molecule has 0 fully saturated rings. The lowest BCUT2D eigenvalue weighted by Crippen LogP contribution is -2.37. The minimum absolute atomic E-state index is 0.0613. The molecule has 27 heavy (non-hydrogen) atoms. The number of hydrogen-bond donors (Lipinski definition) is 2. The Hall–Kier alpha value is -2.53. The van der Waals surface area contributed by atoms with Crippen molar-refractivity contribution in [3.63, 3.8) is 0 Å². The highest BCUT2D eigenvalue weighted by atomic mass is 35.5. The Morgan fingerprint density at radius 3 is 2.37 bits per heavy atom. The summed E-state index contributed by atoms with van der Waals surface area (Å²) >= 11 is 5.84. The molecule has 0 aromatic heterocycles. The maximum Gasteiger partial charge on any atom is 0.251 e. The second-order valence-electron chi connectivity index (χ2n) is 6.14. The van der Waals surface area contributed by atoms with Gasteiger partial charge < -0.3 is 15.4 Å². The van der Waals surface area contributed by atoms with Gasteiger partial charge in [-0.05, 0) is 54.8 Å². The monoisotopic (exact) mass is 388 g/mol. The van der Waals surface area contributed by atoms with Gasteiger partial charge in [0, 0.05) is 17.1 Å². The Balaban J connectivity index is 1.68. The fourth-order valence-electron chi connectivity index (χ4n) is 2.36. The van der Waals surface area contributed by atoms with E-state index in [1.165, 1.54) is 0 Å². The molecule has 0 unspecified atom stereocenters. The van der Waals surface area contributed by atoms with Gasteiger partial charge in [-0.2, -0.15) is 0 Å². The predicted octanol–water partition coefficient (Wildman–Crippen LogP) is 3.61. The molecule has 0 spiro atoms. The number of amides is 2. The summed E-state index contributed by atoms with van der Waals surface area (Å²) in [4.78, 5) is 24.0. The first-order valence-electron chi connectivity index (χ1n) is 9.10. The Labute approximate surface area is 165 Å². The summed E-state index contributed by atoms with van der Waals surface area (Å²) in [5, 5.41) is 6.09. The molecule has 2 aromatic rings. The molecule has 0 radical (unpaired) electrons. The zero-order valence-electron chi connectivity index (χ0n) is 15.5. The van der Waals surface area contributed by atoms with Crippen molar-refractivity contribution < 1.29 is 14.3 Å². The molecular formula is C21H25ClN2O3. The lowest BCUT2D eigenvalue weighted by Gasteiger charge is -2.08. The molecule has 6 heteroatoms. The van der Waals surface area contributed by atoms with Gasteiger partial charge >= 0.3 is 0 Å². The van der Waals surface area contributed by atoms with Crippen LogP contribution in [0.15, 0.2) is 48.5 Å². The van der Waals surface area contributed by atoms with Gasteiger partial charge in [0.1, 0.15) is 5.75 Å². The predicted molar refractivity (Wildman–Crippen MR) is 107 cm³/mol. The number of carbonyl (C=O) groups is 2. The molecule has 0 aliphatic carbocycles. The molecule has 2 amide bonds. The smallest absolute Gasteiger partial charge is 0.251 e. The van der Waals surface area contributed by atoms with E-state index in [0.717, 1.165) is 24.2 Å². The van der Waals surface area contributed by atoms with Crippen molar-refractivity contribution in [1.29, 1.82) is 0 Å². The third kappa shape index (κ3) is 7.71. The van der Waals surface area contributed by atoms with Gasteiger partial charge in [-0.1, -0.05) is 37.1 Å². The summed E-state index contributed by atoms with van der Waals surface area (Å²) in [7, 11) is 0. The minimum atomic E-state index is -0.289. The molecule has 0 heterocycles. The second kappa shape index (κ2) is 11.2. The summed E-state index contributed by atoms with van der Waals surface area (Å²) < 4.78 is 5.56. The number of rotatable bonds is 10. The van der Waals surface area contributed by atoms with Crippen LogP contribution in [-0.2, 0) is 11.2 Å². The van der Waals surface area contributed by atoms with Gasteiger partial charge in [0.2, 0.25) is 5.91 Å². The van der Waals surface area contributed by atoms with Crippen molar-refractivity contribution in [1.82, 2.24) is 10.6 Å². The van der Waals surface area contributed by atoms with Crippen LogP contribution in [-0.4, -0.2) is 31.5 Å². The molecule has 0 bridgehead atoms. The molecule has 0 aliphatic heterocycles. The average Bonchev–Trinajstić information content (AvgIpc) is 2.68. The van der Waals surface area contributed by atoms with Gasteiger partial charge in [-0.25, -0.2) is 0 Å². The lowest BCUT2D eigenvalue weighted by atomic mass is 10.1. The third-order valence-electron chi connectivity index (χ3n) is 3.94. The SMILES string of the molecule is CCCCOc1ccc(C(=O)NCC(=O)NCCc2ccc(Cl)cc2)cc1. The molecule has 5 nitrogen and oxygen atoms in total. The van der Waals surface area contributed by atoms with Crippen LogP contribution >= 0.6 is 11.6 Å². The van der Waals surface area contributed by atoms with Crippen LogP contribution in [0.1, 0.15) is 35.7 Å². The average molecular weight is 389 g/mol. The highest BCUT2D eigenvalue weighted by molar-refractivity contribution is 6.30. The van der Waals surface area contributed by atoms with Crippen molar-refractivity contribution in [3.05, 3.63) is 64.7 Å². The van der Waals surface area contributed by atoms with E-state index in [1.807, 2.05) is 24.3 Å². The highest BCUT2D eigenvalue weighted by Crippen LogP contribution is 2.12. The van der Waals surface area contributed by atoms with Crippen LogP contribution in [0.5, 0.6) is 5.75 Å². The number of halogens is 1. The molecule has 0 atom stereocenters. The van der Waals surface area contributed by atoms with Crippen LogP contribution in [0.4, 0.5) is 0 Å². The number of ether oxygens (including phenoxy) is 1. The van der Waals surface area contributed by atoms with Crippen LogP contribution in [0.25, 0.3) is 0 Å². The molecule has 2 N–H and O–H groups in total. The van der Waals surface area contributed by atoms with E-state index in [4.69, 9.17) is 16.3 Å². The summed E-state index contributed by atoms with van der Waals surface area (Å²) in [6.07, 6.45) is 2.77. The molecule has 0 saturated carbocycles. The zero-order valence-corrected chi connectivity index (χ0v) is 16.2. The number of nitrogens with one attached hydrogen (secondary N) is 2. The van der Waals surface area contributed by atoms with Crippen LogP contribution in [0, 0.1) is 0 Å². The Morgan fingerprint density at radius 2 is 1.70 bits per heavy atom. The zero-order chi connectivity index (χ0) is 19.5. The van der Waals surface area contributed by atoms with Crippen molar-refractivity contribution in [2.24, 2.45) is 0 Å². The fraction of sp³-hybridized carbons (Fsp3) is 0.333. The van der Waals surface area contributed by atoms with E-state index < -0.39 is 0 Å². The third-order valence-corrected chi connectivity index (χ3v) is 4.19. The van der Waals surface area contributed by atoms with E-state index in [0.29, 0.717) is 30.2 Å². The second-order valence-corrected chi connectivity index (χ2v) is 6.57. The summed E-state index contributed by atoms with van der Waals surface area (Å²) in [5.41, 5.74) is 1.58. The van der Waals surface area contributed by atoms with Crippen molar-refractivity contribution >= 4 is 23.4 Å². The highest BCUT2D eigenvalue weighted by Gasteiger charge is 2.08. The van der Waals surface area contributed by atoms with Crippen LogP contribution in [0.3, 0.4) is 0 Å². The maximum absolute atomic E-state index is 12.1. The first kappa shape index (κ1) is 20.8. The molecule has 2 rings (SSSR count). The maximum atomic E-state index is 12.1. The first-order valence-corrected chi connectivity index (χ1v) is 9.48. The number of carbonyl (C=O) groups excluding carboxylic acids is 2. The molecular weight excluding hydrogens is 364 g/mol. The number of benzene rings is 2. The van der Waals surface area contributed by atoms with Crippen molar-refractivity contribution in [2.75, 3.05) is 19.7 Å². The van der Waals surface area contributed by atoms with Crippen molar-refractivity contribution in [2.45, 2.75) is 26.2 Å². The molecule has 2 aromatic carbocycles. The van der Waals surface area contributed by atoms with Crippen LogP contribution in [0.2, 0.25) is 5.02 Å². The molecule has 0 saturated heterocycles. The largest absolute Gasteiger partial charge is 0.494 e. The van der Waals surface area contributed by atoms with Gasteiger partial charge in [-0.15, -0.1) is 0 Å². The quantitative estimate of drug-likeness (QED) is 0.611. The normalized spacial score (nSPS) is 10.3. The van der Waals surface area contributed by atoms with Crippen molar-refractivity contribution in [3.8, 4) is 5.75 Å². The Bertz CT molecular complexity index is 730. The van der Waals surface area contributed by atoms with Crippen LogP contribution < -0.4 is 15.4 Å². The van der Waals surface area contributed by atoms with E-state index in [9.17, 15) is 9.59 Å². The number of unbranched alkanes of at least 4 members (excludes halogenated alkanes) is 1. The molecule has 0 aliphatic rings. The Kier molecular flexibility index (Phi) is 8.65. The van der Waals surface area contributed by atoms with Gasteiger partial charge in [-0.3, -0.25) is 9.59 Å². The standard InChI is InChI=1S/C21H25ClN2O3/c1-2-3-14-27-19-10-6-17(7-11-19)21(26)24-15-20(25)23-13-12-16-4-8-18(22)9-5-16/h4-11H,2-3,12-15H2,1H3,(H,23,25)(H,24,26). The van der Waals surface area contributed by atoms with Gasteiger partial charge in [0.15, 0.2) is 0 Å².